The second kappa shape index (κ2) is 10.0. The van der Waals surface area contributed by atoms with Crippen LogP contribution >= 0.6 is 12.2 Å². The molecule has 0 unspecified atom stereocenters. The van der Waals surface area contributed by atoms with Crippen LogP contribution < -0.4 is 15.0 Å². The average molecular weight is 359 g/mol. The first-order chi connectivity index (χ1) is 12.1. The van der Waals surface area contributed by atoms with Crippen LogP contribution in [0.3, 0.4) is 0 Å². The molecule has 0 aliphatic rings. The minimum atomic E-state index is 0.742. The van der Waals surface area contributed by atoms with Gasteiger partial charge in [-0.25, -0.2) is 0 Å². The summed E-state index contributed by atoms with van der Waals surface area (Å²) in [4.78, 5) is 3.68. The number of hydrogen-bond acceptors (Lipinski definition) is 2. The SMILES string of the molecule is COc1cccc(NC(=S)N(CCC[NH+](C)C)Cc2ccccc2)c1. The van der Waals surface area contributed by atoms with Gasteiger partial charge < -0.3 is 19.9 Å². The number of thiocarbonyl (C=S) groups is 1. The third-order valence-corrected chi connectivity index (χ3v) is 4.29. The normalized spacial score (nSPS) is 10.6. The third-order valence-electron chi connectivity index (χ3n) is 3.93. The van der Waals surface area contributed by atoms with E-state index in [2.05, 4.69) is 48.6 Å². The van der Waals surface area contributed by atoms with Crippen molar-refractivity contribution in [2.24, 2.45) is 0 Å². The number of rotatable bonds is 8. The molecule has 25 heavy (non-hydrogen) atoms. The Morgan fingerprint density at radius 3 is 2.56 bits per heavy atom. The Morgan fingerprint density at radius 1 is 1.12 bits per heavy atom. The van der Waals surface area contributed by atoms with Gasteiger partial charge in [-0.2, -0.15) is 0 Å². The van der Waals surface area contributed by atoms with Crippen LogP contribution in [0.15, 0.2) is 54.6 Å². The Balaban J connectivity index is 2.05. The molecule has 0 saturated carbocycles. The molecule has 0 saturated heterocycles. The minimum Gasteiger partial charge on any atom is -0.497 e. The zero-order valence-corrected chi connectivity index (χ0v) is 16.1. The highest BCUT2D eigenvalue weighted by Crippen LogP contribution is 2.17. The van der Waals surface area contributed by atoms with Gasteiger partial charge in [0, 0.05) is 31.3 Å². The molecule has 134 valence electrons. The Bertz CT molecular complexity index is 661. The van der Waals surface area contributed by atoms with E-state index in [-0.39, 0.29) is 0 Å². The molecule has 0 atom stereocenters. The summed E-state index contributed by atoms with van der Waals surface area (Å²) >= 11 is 5.68. The van der Waals surface area contributed by atoms with Crippen LogP contribution in [0.2, 0.25) is 0 Å². The number of benzene rings is 2. The average Bonchev–Trinajstić information content (AvgIpc) is 2.61. The monoisotopic (exact) mass is 358 g/mol. The second-order valence-electron chi connectivity index (χ2n) is 6.38. The van der Waals surface area contributed by atoms with Crippen molar-refractivity contribution in [2.45, 2.75) is 13.0 Å². The number of nitrogens with one attached hydrogen (secondary N) is 2. The van der Waals surface area contributed by atoms with E-state index in [1.165, 1.54) is 10.5 Å². The fourth-order valence-electron chi connectivity index (χ4n) is 2.58. The van der Waals surface area contributed by atoms with Crippen molar-refractivity contribution in [1.82, 2.24) is 4.90 Å². The molecule has 0 fully saturated rings. The summed E-state index contributed by atoms with van der Waals surface area (Å²) in [6.07, 6.45) is 1.09. The molecule has 0 heterocycles. The van der Waals surface area contributed by atoms with Gasteiger partial charge in [0.25, 0.3) is 0 Å². The molecule has 2 N–H and O–H groups in total. The van der Waals surface area contributed by atoms with Crippen LogP contribution in [0.25, 0.3) is 0 Å². The summed E-state index contributed by atoms with van der Waals surface area (Å²) in [6, 6.07) is 18.3. The van der Waals surface area contributed by atoms with Crippen LogP contribution in [0.5, 0.6) is 5.75 Å². The number of methoxy groups -OCH3 is 1. The van der Waals surface area contributed by atoms with Crippen LogP contribution in [0.4, 0.5) is 5.69 Å². The summed E-state index contributed by atoms with van der Waals surface area (Å²) in [5, 5.41) is 4.09. The number of hydrogen-bond donors (Lipinski definition) is 2. The van der Waals surface area contributed by atoms with Crippen molar-refractivity contribution in [3.8, 4) is 5.75 Å². The Hall–Kier alpha value is -2.11. The van der Waals surface area contributed by atoms with Gasteiger partial charge in [0.2, 0.25) is 0 Å². The van der Waals surface area contributed by atoms with Gasteiger partial charge >= 0.3 is 0 Å². The molecule has 0 bridgehead atoms. The maximum atomic E-state index is 5.68. The maximum Gasteiger partial charge on any atom is 0.173 e. The maximum absolute atomic E-state index is 5.68. The predicted octanol–water partition coefficient (Wildman–Crippen LogP) is 2.43. The first-order valence-corrected chi connectivity index (χ1v) is 9.02. The zero-order valence-electron chi connectivity index (χ0n) is 15.3. The van der Waals surface area contributed by atoms with Gasteiger partial charge in [-0.1, -0.05) is 36.4 Å². The lowest BCUT2D eigenvalue weighted by Crippen LogP contribution is -3.05. The Morgan fingerprint density at radius 2 is 1.88 bits per heavy atom. The minimum absolute atomic E-state index is 0.742. The second-order valence-corrected chi connectivity index (χ2v) is 6.77. The number of ether oxygens (including phenoxy) is 1. The molecule has 0 radical (unpaired) electrons. The van der Waals surface area contributed by atoms with Crippen molar-refractivity contribution >= 4 is 23.0 Å². The van der Waals surface area contributed by atoms with Crippen molar-refractivity contribution in [3.63, 3.8) is 0 Å². The zero-order chi connectivity index (χ0) is 18.1. The van der Waals surface area contributed by atoms with Gasteiger partial charge in [0.15, 0.2) is 5.11 Å². The van der Waals surface area contributed by atoms with Gasteiger partial charge in [0.05, 0.1) is 27.7 Å². The molecule has 0 aliphatic carbocycles. The summed E-state index contributed by atoms with van der Waals surface area (Å²) < 4.78 is 5.28. The van der Waals surface area contributed by atoms with Crippen molar-refractivity contribution in [3.05, 3.63) is 60.2 Å². The fraction of sp³-hybridized carbons (Fsp3) is 0.350. The number of quaternary nitrogens is 1. The molecule has 2 rings (SSSR count). The molecular weight excluding hydrogens is 330 g/mol. The molecule has 5 heteroatoms. The van der Waals surface area contributed by atoms with Gasteiger partial charge in [0.1, 0.15) is 5.75 Å². The van der Waals surface area contributed by atoms with Gasteiger partial charge in [-0.05, 0) is 29.9 Å². The van der Waals surface area contributed by atoms with E-state index < -0.39 is 0 Å². The molecule has 0 amide bonds. The van der Waals surface area contributed by atoms with E-state index in [0.29, 0.717) is 0 Å². The van der Waals surface area contributed by atoms with E-state index in [4.69, 9.17) is 17.0 Å². The molecule has 0 aliphatic heterocycles. The lowest BCUT2D eigenvalue weighted by atomic mass is 10.2. The van der Waals surface area contributed by atoms with Crippen molar-refractivity contribution in [1.29, 1.82) is 0 Å². The Labute approximate surface area is 156 Å². The molecule has 4 nitrogen and oxygen atoms in total. The third kappa shape index (κ3) is 6.72. The fourth-order valence-corrected chi connectivity index (χ4v) is 2.86. The highest BCUT2D eigenvalue weighted by Gasteiger charge is 2.12. The van der Waals surface area contributed by atoms with Crippen LogP contribution in [0.1, 0.15) is 12.0 Å². The van der Waals surface area contributed by atoms with E-state index in [9.17, 15) is 0 Å². The summed E-state index contributed by atoms with van der Waals surface area (Å²) in [5.74, 6) is 0.818. The van der Waals surface area contributed by atoms with E-state index in [1.807, 2.05) is 30.3 Å². The first-order valence-electron chi connectivity index (χ1n) is 8.61. The highest BCUT2D eigenvalue weighted by molar-refractivity contribution is 7.80. The van der Waals surface area contributed by atoms with Gasteiger partial charge in [-0.15, -0.1) is 0 Å². The standard InChI is InChI=1S/C20H27N3OS/c1-22(2)13-8-14-23(16-17-9-5-4-6-10-17)20(25)21-18-11-7-12-19(15-18)24-3/h4-7,9-12,15H,8,13-14,16H2,1-3H3,(H,21,25)/p+1. The van der Waals surface area contributed by atoms with E-state index >= 15 is 0 Å². The highest BCUT2D eigenvalue weighted by atomic mass is 32.1. The molecule has 0 spiro atoms. The molecule has 2 aromatic carbocycles. The smallest absolute Gasteiger partial charge is 0.173 e. The topological polar surface area (TPSA) is 28.9 Å². The molecule has 2 aromatic rings. The molecular formula is C20H28N3OS+. The van der Waals surface area contributed by atoms with E-state index in [1.54, 1.807) is 7.11 Å². The van der Waals surface area contributed by atoms with Crippen LogP contribution in [0, 0.1) is 0 Å². The van der Waals surface area contributed by atoms with Crippen LogP contribution in [-0.2, 0) is 6.54 Å². The van der Waals surface area contributed by atoms with Gasteiger partial charge in [-0.3, -0.25) is 0 Å². The predicted molar refractivity (Wildman–Crippen MR) is 108 cm³/mol. The van der Waals surface area contributed by atoms with E-state index in [0.717, 1.165) is 42.6 Å². The first kappa shape index (κ1) is 19.2. The van der Waals surface area contributed by atoms with Crippen LogP contribution in [-0.4, -0.2) is 44.3 Å². The van der Waals surface area contributed by atoms with Crippen molar-refractivity contribution < 1.29 is 9.64 Å². The summed E-state index contributed by atoms with van der Waals surface area (Å²) in [7, 11) is 6.02. The summed E-state index contributed by atoms with van der Waals surface area (Å²) in [5.41, 5.74) is 2.20. The lowest BCUT2D eigenvalue weighted by molar-refractivity contribution is -0.858. The largest absolute Gasteiger partial charge is 0.497 e. The quantitative estimate of drug-likeness (QED) is 0.709. The Kier molecular flexibility index (Phi) is 7.70. The summed E-state index contributed by atoms with van der Waals surface area (Å²) in [6.45, 7) is 2.85. The lowest BCUT2D eigenvalue weighted by Gasteiger charge is -2.26. The molecule has 0 aromatic heterocycles. The number of nitrogens with zero attached hydrogens (tertiary/aromatic N) is 1. The van der Waals surface area contributed by atoms with Crippen molar-refractivity contribution in [2.75, 3.05) is 39.6 Å². The number of anilines is 1.